The van der Waals surface area contributed by atoms with Crippen LogP contribution in [0.1, 0.15) is 5.56 Å². The third-order valence-electron chi connectivity index (χ3n) is 1.96. The van der Waals surface area contributed by atoms with Crippen LogP contribution >= 0.6 is 11.6 Å². The highest BCUT2D eigenvalue weighted by atomic mass is 35.5. The van der Waals surface area contributed by atoms with Gasteiger partial charge in [-0.3, -0.25) is 4.79 Å². The Hall–Kier alpha value is -1.13. The Kier molecular flexibility index (Phi) is 4.05. The van der Waals surface area contributed by atoms with Gasteiger partial charge in [0.2, 0.25) is 0 Å². The molecule has 0 saturated carbocycles. The number of hydrogen-bond donors (Lipinski definition) is 1. The van der Waals surface area contributed by atoms with Gasteiger partial charge < -0.3 is 10.5 Å². The lowest BCUT2D eigenvalue weighted by molar-refractivity contribution is -0.142. The van der Waals surface area contributed by atoms with Gasteiger partial charge in [0.25, 0.3) is 0 Å². The first-order valence-electron chi connectivity index (χ1n) is 4.32. The van der Waals surface area contributed by atoms with Gasteiger partial charge in [-0.05, 0) is 24.1 Å². The minimum Gasteiger partial charge on any atom is -0.468 e. The lowest BCUT2D eigenvalue weighted by Gasteiger charge is -2.10. The van der Waals surface area contributed by atoms with Crippen LogP contribution in [-0.2, 0) is 16.0 Å². The average Bonchev–Trinajstić information content (AvgIpc) is 2.20. The number of nitrogens with two attached hydrogens (primary N) is 1. The highest BCUT2D eigenvalue weighted by Crippen LogP contribution is 2.18. The van der Waals surface area contributed by atoms with Gasteiger partial charge in [-0.1, -0.05) is 17.7 Å². The Bertz CT molecular complexity index is 370. The van der Waals surface area contributed by atoms with Crippen LogP contribution < -0.4 is 5.73 Å². The molecular formula is C10H11ClFNO2. The van der Waals surface area contributed by atoms with Crippen LogP contribution in [0.5, 0.6) is 0 Å². The molecule has 0 aliphatic heterocycles. The maximum absolute atomic E-state index is 12.7. The van der Waals surface area contributed by atoms with Crippen LogP contribution in [-0.4, -0.2) is 19.1 Å². The van der Waals surface area contributed by atoms with Gasteiger partial charge in [-0.25, -0.2) is 4.39 Å². The van der Waals surface area contributed by atoms with E-state index < -0.39 is 17.8 Å². The molecule has 0 heterocycles. The van der Waals surface area contributed by atoms with Crippen LogP contribution in [0.4, 0.5) is 4.39 Å². The molecule has 0 fully saturated rings. The maximum Gasteiger partial charge on any atom is 0.322 e. The molecule has 0 aromatic heterocycles. The first-order chi connectivity index (χ1) is 7.04. The second-order valence-corrected chi connectivity index (χ2v) is 3.48. The third kappa shape index (κ3) is 3.18. The third-order valence-corrected chi connectivity index (χ3v) is 2.31. The largest absolute Gasteiger partial charge is 0.468 e. The van der Waals surface area contributed by atoms with Crippen molar-refractivity contribution < 1.29 is 13.9 Å². The molecule has 0 aliphatic carbocycles. The van der Waals surface area contributed by atoms with Crippen molar-refractivity contribution in [2.45, 2.75) is 12.5 Å². The summed E-state index contributed by atoms with van der Waals surface area (Å²) in [5, 5.41) is 0.259. The monoisotopic (exact) mass is 231 g/mol. The molecule has 0 saturated heterocycles. The summed E-state index contributed by atoms with van der Waals surface area (Å²) in [6, 6.07) is 3.17. The SMILES string of the molecule is COC(=O)[C@H](N)Cc1ccc(F)cc1Cl. The van der Waals surface area contributed by atoms with Crippen LogP contribution in [0.2, 0.25) is 5.02 Å². The molecule has 1 atom stereocenters. The number of hydrogen-bond acceptors (Lipinski definition) is 3. The van der Waals surface area contributed by atoms with E-state index in [0.29, 0.717) is 5.56 Å². The molecule has 82 valence electrons. The molecule has 15 heavy (non-hydrogen) atoms. The van der Waals surface area contributed by atoms with E-state index in [2.05, 4.69) is 4.74 Å². The van der Waals surface area contributed by atoms with Crippen molar-refractivity contribution in [2.75, 3.05) is 7.11 Å². The van der Waals surface area contributed by atoms with Crippen molar-refractivity contribution in [1.82, 2.24) is 0 Å². The zero-order chi connectivity index (χ0) is 11.4. The Balaban J connectivity index is 2.76. The molecule has 2 N–H and O–H groups in total. The van der Waals surface area contributed by atoms with Crippen LogP contribution in [0, 0.1) is 5.82 Å². The Morgan fingerprint density at radius 2 is 2.33 bits per heavy atom. The molecular weight excluding hydrogens is 221 g/mol. The lowest BCUT2D eigenvalue weighted by atomic mass is 10.1. The molecule has 0 aliphatic rings. The molecule has 1 aromatic carbocycles. The Morgan fingerprint density at radius 1 is 1.67 bits per heavy atom. The van der Waals surface area contributed by atoms with Gasteiger partial charge in [-0.2, -0.15) is 0 Å². The van der Waals surface area contributed by atoms with Gasteiger partial charge in [0.1, 0.15) is 11.9 Å². The number of esters is 1. The molecule has 0 unspecified atom stereocenters. The fourth-order valence-electron chi connectivity index (χ4n) is 1.16. The van der Waals surface area contributed by atoms with Crippen LogP contribution in [0.3, 0.4) is 0 Å². The number of carbonyl (C=O) groups is 1. The summed E-state index contributed by atoms with van der Waals surface area (Å²) in [6.45, 7) is 0. The van der Waals surface area contributed by atoms with Crippen molar-refractivity contribution in [2.24, 2.45) is 5.73 Å². The van der Waals surface area contributed by atoms with Crippen molar-refractivity contribution in [3.05, 3.63) is 34.6 Å². The van der Waals surface area contributed by atoms with Gasteiger partial charge in [0.15, 0.2) is 0 Å². The van der Waals surface area contributed by atoms with E-state index in [-0.39, 0.29) is 11.4 Å². The maximum atomic E-state index is 12.7. The summed E-state index contributed by atoms with van der Waals surface area (Å²) in [5.74, 6) is -0.939. The highest BCUT2D eigenvalue weighted by Gasteiger charge is 2.15. The molecule has 3 nitrogen and oxygen atoms in total. The Morgan fingerprint density at radius 3 is 2.87 bits per heavy atom. The number of rotatable bonds is 3. The molecule has 0 spiro atoms. The number of ether oxygens (including phenoxy) is 1. The van der Waals surface area contributed by atoms with E-state index in [9.17, 15) is 9.18 Å². The van der Waals surface area contributed by atoms with E-state index >= 15 is 0 Å². The molecule has 0 bridgehead atoms. The summed E-state index contributed by atoms with van der Waals surface area (Å²) in [5.41, 5.74) is 6.16. The van der Waals surface area contributed by atoms with Crippen molar-refractivity contribution in [1.29, 1.82) is 0 Å². The normalized spacial score (nSPS) is 12.3. The number of benzene rings is 1. The zero-order valence-corrected chi connectivity index (χ0v) is 8.92. The predicted octanol–water partition coefficient (Wildman–Crippen LogP) is 1.52. The summed E-state index contributed by atoms with van der Waals surface area (Å²) >= 11 is 5.77. The number of halogens is 2. The minimum atomic E-state index is -0.780. The smallest absolute Gasteiger partial charge is 0.322 e. The Labute approximate surface area is 92.0 Å². The topological polar surface area (TPSA) is 52.3 Å². The first-order valence-corrected chi connectivity index (χ1v) is 4.69. The molecule has 1 rings (SSSR count). The minimum absolute atomic E-state index is 0.228. The second-order valence-electron chi connectivity index (χ2n) is 3.07. The van der Waals surface area contributed by atoms with Gasteiger partial charge in [-0.15, -0.1) is 0 Å². The fraction of sp³-hybridized carbons (Fsp3) is 0.300. The molecule has 0 radical (unpaired) electrons. The number of carbonyl (C=O) groups excluding carboxylic acids is 1. The number of methoxy groups -OCH3 is 1. The molecule has 0 amide bonds. The second kappa shape index (κ2) is 5.09. The zero-order valence-electron chi connectivity index (χ0n) is 8.17. The van der Waals surface area contributed by atoms with E-state index in [1.54, 1.807) is 0 Å². The quantitative estimate of drug-likeness (QED) is 0.803. The van der Waals surface area contributed by atoms with E-state index in [1.165, 1.54) is 25.3 Å². The lowest BCUT2D eigenvalue weighted by Crippen LogP contribution is -2.33. The van der Waals surface area contributed by atoms with E-state index in [4.69, 9.17) is 17.3 Å². The van der Waals surface area contributed by atoms with Crippen LogP contribution in [0.15, 0.2) is 18.2 Å². The molecule has 1 aromatic rings. The standard InChI is InChI=1S/C10H11ClFNO2/c1-15-10(14)9(13)4-6-2-3-7(12)5-8(6)11/h2-3,5,9H,4,13H2,1H3/t9-/m1/s1. The summed E-state index contributed by atoms with van der Waals surface area (Å²) in [7, 11) is 1.26. The van der Waals surface area contributed by atoms with Crippen molar-refractivity contribution in [3.8, 4) is 0 Å². The van der Waals surface area contributed by atoms with Gasteiger partial charge in [0, 0.05) is 5.02 Å². The van der Waals surface area contributed by atoms with E-state index in [1.807, 2.05) is 0 Å². The summed E-state index contributed by atoms with van der Waals surface area (Å²) < 4.78 is 17.2. The van der Waals surface area contributed by atoms with Crippen LogP contribution in [0.25, 0.3) is 0 Å². The van der Waals surface area contributed by atoms with Crippen molar-refractivity contribution in [3.63, 3.8) is 0 Å². The van der Waals surface area contributed by atoms with Gasteiger partial charge >= 0.3 is 5.97 Å². The average molecular weight is 232 g/mol. The van der Waals surface area contributed by atoms with Gasteiger partial charge in [0.05, 0.1) is 7.11 Å². The fourth-order valence-corrected chi connectivity index (χ4v) is 1.40. The predicted molar refractivity (Wildman–Crippen MR) is 55.1 cm³/mol. The summed E-state index contributed by atoms with van der Waals surface area (Å²) in [6.07, 6.45) is 0.228. The van der Waals surface area contributed by atoms with E-state index in [0.717, 1.165) is 0 Å². The van der Waals surface area contributed by atoms with Crippen molar-refractivity contribution >= 4 is 17.6 Å². The summed E-state index contributed by atoms with van der Waals surface area (Å²) in [4.78, 5) is 11.0. The highest BCUT2D eigenvalue weighted by molar-refractivity contribution is 6.31. The molecule has 5 heteroatoms. The first kappa shape index (κ1) is 11.9.